The molecule has 1 heterocycles. The number of anilines is 1. The number of hydrogen-bond donors (Lipinski definition) is 1. The van der Waals surface area contributed by atoms with E-state index in [2.05, 4.69) is 22.0 Å². The maximum atomic E-state index is 11.4. The van der Waals surface area contributed by atoms with Gasteiger partial charge in [-0.2, -0.15) is 0 Å². The maximum Gasteiger partial charge on any atom is 0.357 e. The highest BCUT2D eigenvalue weighted by Crippen LogP contribution is 2.22. The first-order valence-electron chi connectivity index (χ1n) is 6.06. The van der Waals surface area contributed by atoms with E-state index in [1.807, 2.05) is 6.92 Å². The van der Waals surface area contributed by atoms with Crippen LogP contribution in [0.3, 0.4) is 0 Å². The molecule has 5 nitrogen and oxygen atoms in total. The third-order valence-corrected chi connectivity index (χ3v) is 3.27. The molecule has 0 radical (unpaired) electrons. The topological polar surface area (TPSA) is 60.5 Å². The van der Waals surface area contributed by atoms with Gasteiger partial charge in [0.05, 0.1) is 13.7 Å². The summed E-state index contributed by atoms with van der Waals surface area (Å²) in [5.41, 5.74) is 0.386. The zero-order chi connectivity index (χ0) is 13.4. The summed E-state index contributed by atoms with van der Waals surface area (Å²) >= 11 is 1.45. The maximum absolute atomic E-state index is 11.4. The van der Waals surface area contributed by atoms with Crippen molar-refractivity contribution in [1.82, 2.24) is 4.98 Å². The molecule has 1 N–H and O–H groups in total. The van der Waals surface area contributed by atoms with Crippen molar-refractivity contribution in [2.24, 2.45) is 0 Å². The lowest BCUT2D eigenvalue weighted by Gasteiger charge is -2.03. The van der Waals surface area contributed by atoms with E-state index in [1.54, 1.807) is 0 Å². The van der Waals surface area contributed by atoms with E-state index >= 15 is 0 Å². The standard InChI is InChI=1S/C12H20N2O3S/c1-4-5-7-17-8-6-13-12-14-10(9(2)18-12)11(15)16-3/h4-8H2,1-3H3,(H,13,14). The van der Waals surface area contributed by atoms with Crippen molar-refractivity contribution in [3.8, 4) is 0 Å². The van der Waals surface area contributed by atoms with E-state index in [0.717, 1.165) is 29.5 Å². The van der Waals surface area contributed by atoms with Gasteiger partial charge in [-0.15, -0.1) is 11.3 Å². The molecule has 1 aromatic rings. The zero-order valence-corrected chi connectivity index (χ0v) is 11.9. The fraction of sp³-hybridized carbons (Fsp3) is 0.667. The molecule has 1 aromatic heterocycles. The lowest BCUT2D eigenvalue weighted by Crippen LogP contribution is -2.10. The highest BCUT2D eigenvalue weighted by molar-refractivity contribution is 7.15. The first kappa shape index (κ1) is 14.9. The molecule has 0 saturated carbocycles. The Hall–Kier alpha value is -1.14. The average Bonchev–Trinajstić information content (AvgIpc) is 2.74. The fourth-order valence-corrected chi connectivity index (χ4v) is 2.16. The van der Waals surface area contributed by atoms with Gasteiger partial charge in [0.25, 0.3) is 0 Å². The Morgan fingerprint density at radius 1 is 1.44 bits per heavy atom. The Kier molecular flexibility index (Phi) is 6.67. The quantitative estimate of drug-likeness (QED) is 0.582. The first-order chi connectivity index (χ1) is 8.69. The molecule has 0 fully saturated rings. The van der Waals surface area contributed by atoms with E-state index in [0.29, 0.717) is 18.8 Å². The van der Waals surface area contributed by atoms with Crippen molar-refractivity contribution >= 4 is 22.4 Å². The Labute approximate surface area is 112 Å². The average molecular weight is 272 g/mol. The molecule has 0 amide bonds. The highest BCUT2D eigenvalue weighted by atomic mass is 32.1. The molecule has 0 aliphatic carbocycles. The van der Waals surface area contributed by atoms with Gasteiger partial charge >= 0.3 is 5.97 Å². The van der Waals surface area contributed by atoms with Crippen LogP contribution in [0, 0.1) is 6.92 Å². The number of unbranched alkanes of at least 4 members (excludes halogenated alkanes) is 1. The lowest BCUT2D eigenvalue weighted by molar-refractivity contribution is 0.0594. The molecule has 0 aliphatic heterocycles. The molecule has 0 aromatic carbocycles. The van der Waals surface area contributed by atoms with Crippen LogP contribution in [0.5, 0.6) is 0 Å². The number of rotatable bonds is 8. The molecule has 0 saturated heterocycles. The van der Waals surface area contributed by atoms with Crippen LogP contribution in [0.15, 0.2) is 0 Å². The summed E-state index contributed by atoms with van der Waals surface area (Å²) in [6.07, 6.45) is 2.23. The summed E-state index contributed by atoms with van der Waals surface area (Å²) < 4.78 is 10.1. The van der Waals surface area contributed by atoms with Gasteiger partial charge < -0.3 is 14.8 Å². The monoisotopic (exact) mass is 272 g/mol. The number of esters is 1. The minimum atomic E-state index is -0.393. The number of aromatic nitrogens is 1. The number of methoxy groups -OCH3 is 1. The van der Waals surface area contributed by atoms with Crippen LogP contribution in [-0.2, 0) is 9.47 Å². The summed E-state index contributed by atoms with van der Waals surface area (Å²) in [7, 11) is 1.36. The molecule has 0 spiro atoms. The summed E-state index contributed by atoms with van der Waals surface area (Å²) in [5, 5.41) is 3.87. The number of carbonyl (C=O) groups is 1. The first-order valence-corrected chi connectivity index (χ1v) is 6.88. The number of ether oxygens (including phenoxy) is 2. The van der Waals surface area contributed by atoms with Crippen molar-refractivity contribution in [2.45, 2.75) is 26.7 Å². The van der Waals surface area contributed by atoms with Crippen molar-refractivity contribution in [3.05, 3.63) is 10.6 Å². The third kappa shape index (κ3) is 4.62. The van der Waals surface area contributed by atoms with Crippen LogP contribution < -0.4 is 5.32 Å². The van der Waals surface area contributed by atoms with Gasteiger partial charge in [0.15, 0.2) is 10.8 Å². The summed E-state index contributed by atoms with van der Waals surface area (Å²) in [4.78, 5) is 16.4. The van der Waals surface area contributed by atoms with Gasteiger partial charge in [-0.05, 0) is 13.3 Å². The van der Waals surface area contributed by atoms with Crippen LogP contribution >= 0.6 is 11.3 Å². The molecule has 102 valence electrons. The Morgan fingerprint density at radius 3 is 2.89 bits per heavy atom. The Balaban J connectivity index is 2.33. The second-order valence-corrected chi connectivity index (χ2v) is 5.01. The highest BCUT2D eigenvalue weighted by Gasteiger charge is 2.15. The van der Waals surface area contributed by atoms with E-state index in [9.17, 15) is 4.79 Å². The third-order valence-electron chi connectivity index (χ3n) is 2.34. The minimum absolute atomic E-state index is 0.386. The van der Waals surface area contributed by atoms with Crippen LogP contribution in [0.2, 0.25) is 0 Å². The van der Waals surface area contributed by atoms with Gasteiger partial charge in [0.2, 0.25) is 0 Å². The van der Waals surface area contributed by atoms with Crippen LogP contribution in [-0.4, -0.2) is 37.8 Å². The van der Waals surface area contributed by atoms with E-state index in [1.165, 1.54) is 18.4 Å². The summed E-state index contributed by atoms with van der Waals surface area (Å²) in [5.74, 6) is -0.393. The normalized spacial score (nSPS) is 10.4. The number of thiazole rings is 1. The molecule has 0 bridgehead atoms. The Bertz CT molecular complexity index is 379. The molecule has 18 heavy (non-hydrogen) atoms. The number of aryl methyl sites for hydroxylation is 1. The summed E-state index contributed by atoms with van der Waals surface area (Å²) in [6.45, 7) is 6.12. The van der Waals surface area contributed by atoms with Gasteiger partial charge in [-0.25, -0.2) is 9.78 Å². The molecule has 1 rings (SSSR count). The van der Waals surface area contributed by atoms with Gasteiger partial charge in [-0.3, -0.25) is 0 Å². The molecular weight excluding hydrogens is 252 g/mol. The number of nitrogens with one attached hydrogen (secondary N) is 1. The number of hydrogen-bond acceptors (Lipinski definition) is 6. The van der Waals surface area contributed by atoms with Crippen LogP contribution in [0.1, 0.15) is 35.1 Å². The number of nitrogens with zero attached hydrogens (tertiary/aromatic N) is 1. The predicted octanol–water partition coefficient (Wildman–Crippen LogP) is 2.47. The largest absolute Gasteiger partial charge is 0.464 e. The number of carbonyl (C=O) groups excluding carboxylic acids is 1. The van der Waals surface area contributed by atoms with Crippen LogP contribution in [0.4, 0.5) is 5.13 Å². The van der Waals surface area contributed by atoms with Gasteiger partial charge in [0.1, 0.15) is 0 Å². The lowest BCUT2D eigenvalue weighted by atomic mass is 10.4. The van der Waals surface area contributed by atoms with E-state index in [4.69, 9.17) is 4.74 Å². The molecule has 0 unspecified atom stereocenters. The smallest absolute Gasteiger partial charge is 0.357 e. The van der Waals surface area contributed by atoms with Crippen molar-refractivity contribution in [1.29, 1.82) is 0 Å². The van der Waals surface area contributed by atoms with Crippen molar-refractivity contribution < 1.29 is 14.3 Å². The second kappa shape index (κ2) is 8.05. The second-order valence-electron chi connectivity index (χ2n) is 3.81. The van der Waals surface area contributed by atoms with Gasteiger partial charge in [0, 0.05) is 18.0 Å². The molecular formula is C12H20N2O3S. The van der Waals surface area contributed by atoms with Gasteiger partial charge in [-0.1, -0.05) is 13.3 Å². The fourth-order valence-electron chi connectivity index (χ4n) is 1.34. The molecule has 6 heteroatoms. The Morgan fingerprint density at radius 2 is 2.22 bits per heavy atom. The van der Waals surface area contributed by atoms with Crippen LogP contribution in [0.25, 0.3) is 0 Å². The van der Waals surface area contributed by atoms with Crippen molar-refractivity contribution in [3.63, 3.8) is 0 Å². The van der Waals surface area contributed by atoms with E-state index in [-0.39, 0.29) is 0 Å². The molecule has 0 aliphatic rings. The summed E-state index contributed by atoms with van der Waals surface area (Å²) in [6, 6.07) is 0. The zero-order valence-electron chi connectivity index (χ0n) is 11.1. The van der Waals surface area contributed by atoms with E-state index < -0.39 is 5.97 Å². The SMILES string of the molecule is CCCCOCCNc1nc(C(=O)OC)c(C)s1. The molecule has 0 atom stereocenters. The van der Waals surface area contributed by atoms with Crippen molar-refractivity contribution in [2.75, 3.05) is 32.2 Å². The minimum Gasteiger partial charge on any atom is -0.464 e. The predicted molar refractivity (Wildman–Crippen MR) is 72.4 cm³/mol.